The van der Waals surface area contributed by atoms with Crippen LogP contribution in [0.25, 0.3) is 0 Å². The van der Waals surface area contributed by atoms with E-state index in [4.69, 9.17) is 15.2 Å². The Bertz CT molecular complexity index is 456. The number of hydrogen-bond donors (Lipinski definition) is 1. The molecule has 2 N–H and O–H groups in total. The van der Waals surface area contributed by atoms with Gasteiger partial charge in [0.25, 0.3) is 6.43 Å². The van der Waals surface area contributed by atoms with E-state index in [2.05, 4.69) is 0 Å². The molecular formula is C13H17F2NO3. The molecule has 0 aliphatic rings. The Balaban J connectivity index is 2.86. The first kappa shape index (κ1) is 15.2. The molecule has 1 aromatic carbocycles. The number of anilines is 1. The van der Waals surface area contributed by atoms with Gasteiger partial charge in [-0.1, -0.05) is 0 Å². The molecule has 0 aromatic heterocycles. The number of esters is 1. The smallest absolute Gasteiger partial charge is 0.338 e. The van der Waals surface area contributed by atoms with Crippen LogP contribution >= 0.6 is 0 Å². The summed E-state index contributed by atoms with van der Waals surface area (Å²) in [6.45, 7) is 4.42. The number of nitrogens with two attached hydrogens (primary N) is 1. The van der Waals surface area contributed by atoms with Crippen molar-refractivity contribution in [3.63, 3.8) is 0 Å². The second-order valence-electron chi connectivity index (χ2n) is 4.96. The molecule has 0 spiro atoms. The molecule has 0 unspecified atom stereocenters. The minimum Gasteiger partial charge on any atom is -0.485 e. The highest BCUT2D eigenvalue weighted by Crippen LogP contribution is 2.24. The number of hydrogen-bond acceptors (Lipinski definition) is 4. The van der Waals surface area contributed by atoms with Crippen LogP contribution in [0, 0.1) is 0 Å². The Morgan fingerprint density at radius 1 is 1.37 bits per heavy atom. The van der Waals surface area contributed by atoms with Crippen LogP contribution in [0.1, 0.15) is 31.1 Å². The summed E-state index contributed by atoms with van der Waals surface area (Å²) in [5, 5.41) is 0. The molecule has 0 bridgehead atoms. The molecule has 0 heterocycles. The van der Waals surface area contributed by atoms with Crippen LogP contribution < -0.4 is 10.5 Å². The minimum absolute atomic E-state index is 0.0451. The van der Waals surface area contributed by atoms with Crippen LogP contribution in [-0.2, 0) is 4.74 Å². The molecule has 106 valence electrons. The van der Waals surface area contributed by atoms with Crippen molar-refractivity contribution < 1.29 is 23.0 Å². The highest BCUT2D eigenvalue weighted by molar-refractivity contribution is 5.91. The molecule has 0 aliphatic heterocycles. The van der Waals surface area contributed by atoms with E-state index in [1.807, 2.05) is 0 Å². The van der Waals surface area contributed by atoms with Gasteiger partial charge in [0, 0.05) is 0 Å². The van der Waals surface area contributed by atoms with Crippen LogP contribution in [0.3, 0.4) is 0 Å². The van der Waals surface area contributed by atoms with E-state index in [1.165, 1.54) is 18.2 Å². The number of halogens is 2. The van der Waals surface area contributed by atoms with Gasteiger partial charge in [-0.2, -0.15) is 0 Å². The van der Waals surface area contributed by atoms with Crippen LogP contribution in [0.2, 0.25) is 0 Å². The fourth-order valence-corrected chi connectivity index (χ4v) is 1.28. The number of alkyl halides is 2. The molecule has 1 rings (SSSR count). The van der Waals surface area contributed by atoms with Gasteiger partial charge in [-0.05, 0) is 39.0 Å². The third-order valence-electron chi connectivity index (χ3n) is 2.01. The Labute approximate surface area is 110 Å². The number of benzene rings is 1. The predicted octanol–water partition coefficient (Wildman–Crippen LogP) is 2.87. The Hall–Kier alpha value is -1.85. The zero-order valence-electron chi connectivity index (χ0n) is 11.1. The monoisotopic (exact) mass is 273 g/mol. The summed E-state index contributed by atoms with van der Waals surface area (Å²) in [6, 6.07) is 4.17. The summed E-state index contributed by atoms with van der Waals surface area (Å²) < 4.78 is 34.1. The molecule has 0 fully saturated rings. The van der Waals surface area contributed by atoms with Crippen molar-refractivity contribution in [3.8, 4) is 5.75 Å². The van der Waals surface area contributed by atoms with Crippen molar-refractivity contribution >= 4 is 11.7 Å². The molecular weight excluding hydrogens is 256 g/mol. The van der Waals surface area contributed by atoms with Crippen molar-refractivity contribution in [3.05, 3.63) is 23.8 Å². The molecule has 6 heteroatoms. The number of nitrogen functional groups attached to an aromatic ring is 1. The van der Waals surface area contributed by atoms with Gasteiger partial charge in [0.15, 0.2) is 0 Å². The van der Waals surface area contributed by atoms with Gasteiger partial charge in [-0.15, -0.1) is 0 Å². The summed E-state index contributed by atoms with van der Waals surface area (Å²) in [5.41, 5.74) is 5.33. The van der Waals surface area contributed by atoms with Crippen LogP contribution in [-0.4, -0.2) is 24.6 Å². The third kappa shape index (κ3) is 5.11. The number of carbonyl (C=O) groups is 1. The average molecular weight is 273 g/mol. The van der Waals surface area contributed by atoms with Crippen molar-refractivity contribution in [2.75, 3.05) is 12.3 Å². The van der Waals surface area contributed by atoms with Crippen LogP contribution in [0.4, 0.5) is 14.5 Å². The Kier molecular flexibility index (Phi) is 4.69. The number of ether oxygens (including phenoxy) is 2. The second-order valence-corrected chi connectivity index (χ2v) is 4.96. The van der Waals surface area contributed by atoms with Gasteiger partial charge in [-0.3, -0.25) is 0 Å². The van der Waals surface area contributed by atoms with Crippen LogP contribution in [0.5, 0.6) is 5.75 Å². The van der Waals surface area contributed by atoms with Gasteiger partial charge >= 0.3 is 5.97 Å². The van der Waals surface area contributed by atoms with Crippen molar-refractivity contribution in [2.45, 2.75) is 32.8 Å². The lowest BCUT2D eigenvalue weighted by Crippen LogP contribution is -2.24. The second kappa shape index (κ2) is 5.86. The lowest BCUT2D eigenvalue weighted by Gasteiger charge is -2.19. The molecule has 4 nitrogen and oxygen atoms in total. The molecule has 0 amide bonds. The molecule has 19 heavy (non-hydrogen) atoms. The van der Waals surface area contributed by atoms with Gasteiger partial charge in [0.1, 0.15) is 18.0 Å². The van der Waals surface area contributed by atoms with Crippen molar-refractivity contribution in [1.82, 2.24) is 0 Å². The highest BCUT2D eigenvalue weighted by atomic mass is 19.3. The van der Waals surface area contributed by atoms with E-state index in [1.54, 1.807) is 20.8 Å². The molecule has 0 atom stereocenters. The van der Waals surface area contributed by atoms with E-state index in [0.717, 1.165) is 0 Å². The maximum atomic E-state index is 12.1. The zero-order chi connectivity index (χ0) is 14.6. The summed E-state index contributed by atoms with van der Waals surface area (Å²) in [4.78, 5) is 11.8. The number of carbonyl (C=O) groups excluding carboxylic acids is 1. The first-order chi connectivity index (χ1) is 8.69. The van der Waals surface area contributed by atoms with E-state index >= 15 is 0 Å². The third-order valence-corrected chi connectivity index (χ3v) is 2.01. The van der Waals surface area contributed by atoms with E-state index in [9.17, 15) is 13.6 Å². The standard InChI is InChI=1S/C13H17F2NO3/c1-13(2,3)19-12(17)8-4-5-9(16)10(6-8)18-7-11(14)15/h4-6,11H,7,16H2,1-3H3. The Morgan fingerprint density at radius 3 is 2.53 bits per heavy atom. The highest BCUT2D eigenvalue weighted by Gasteiger charge is 2.19. The maximum absolute atomic E-state index is 12.1. The summed E-state index contributed by atoms with van der Waals surface area (Å²) in [5.74, 6) is -0.516. The van der Waals surface area contributed by atoms with Gasteiger partial charge in [0.05, 0.1) is 11.3 Å². The lowest BCUT2D eigenvalue weighted by molar-refractivity contribution is 0.00691. The van der Waals surface area contributed by atoms with Gasteiger partial charge in [0.2, 0.25) is 0 Å². The molecule has 1 aromatic rings. The van der Waals surface area contributed by atoms with Gasteiger partial charge in [-0.25, -0.2) is 13.6 Å². The maximum Gasteiger partial charge on any atom is 0.338 e. The van der Waals surface area contributed by atoms with E-state index in [-0.39, 0.29) is 17.0 Å². The van der Waals surface area contributed by atoms with E-state index < -0.39 is 24.6 Å². The number of rotatable bonds is 4. The van der Waals surface area contributed by atoms with Gasteiger partial charge < -0.3 is 15.2 Å². The molecule has 0 saturated heterocycles. The minimum atomic E-state index is -2.61. The molecule has 0 saturated carbocycles. The largest absolute Gasteiger partial charge is 0.485 e. The normalized spacial score (nSPS) is 11.5. The lowest BCUT2D eigenvalue weighted by atomic mass is 10.1. The van der Waals surface area contributed by atoms with E-state index in [0.29, 0.717) is 0 Å². The fraction of sp³-hybridized carbons (Fsp3) is 0.462. The Morgan fingerprint density at radius 2 is 2.00 bits per heavy atom. The summed E-state index contributed by atoms with van der Waals surface area (Å²) in [6.07, 6.45) is -2.61. The quantitative estimate of drug-likeness (QED) is 0.677. The summed E-state index contributed by atoms with van der Waals surface area (Å²) in [7, 11) is 0. The zero-order valence-corrected chi connectivity index (χ0v) is 11.1. The average Bonchev–Trinajstić information content (AvgIpc) is 2.25. The first-order valence-electron chi connectivity index (χ1n) is 5.73. The van der Waals surface area contributed by atoms with Crippen molar-refractivity contribution in [1.29, 1.82) is 0 Å². The first-order valence-corrected chi connectivity index (χ1v) is 5.73. The SMILES string of the molecule is CC(C)(C)OC(=O)c1ccc(N)c(OCC(F)F)c1. The fourth-order valence-electron chi connectivity index (χ4n) is 1.28. The summed E-state index contributed by atoms with van der Waals surface area (Å²) >= 11 is 0. The predicted molar refractivity (Wildman–Crippen MR) is 67.5 cm³/mol. The topological polar surface area (TPSA) is 61.5 Å². The molecule has 0 aliphatic carbocycles. The van der Waals surface area contributed by atoms with Crippen molar-refractivity contribution in [2.24, 2.45) is 0 Å². The van der Waals surface area contributed by atoms with Crippen LogP contribution in [0.15, 0.2) is 18.2 Å². The molecule has 0 radical (unpaired) electrons.